The molecule has 1 amide bonds. The van der Waals surface area contributed by atoms with Gasteiger partial charge in [-0.2, -0.15) is 5.10 Å². The van der Waals surface area contributed by atoms with E-state index in [0.29, 0.717) is 5.56 Å². The number of carbonyl (C=O) groups excluding carboxylic acids is 1. The van der Waals surface area contributed by atoms with Crippen LogP contribution in [0.15, 0.2) is 36.7 Å². The zero-order valence-corrected chi connectivity index (χ0v) is 11.8. The lowest BCUT2D eigenvalue weighted by atomic mass is 10.0. The highest BCUT2D eigenvalue weighted by atomic mass is 16.1. The summed E-state index contributed by atoms with van der Waals surface area (Å²) in [4.78, 5) is 12.1. The zero-order chi connectivity index (χ0) is 14.0. The molecule has 4 nitrogen and oxygen atoms in total. The molecule has 0 atom stereocenters. The number of amides is 1. The van der Waals surface area contributed by atoms with Crippen molar-refractivity contribution < 1.29 is 4.79 Å². The number of nitrogens with one attached hydrogen (secondary N) is 1. The third-order valence-electron chi connectivity index (χ3n) is 2.65. The predicted molar refractivity (Wildman–Crippen MR) is 75.9 cm³/mol. The van der Waals surface area contributed by atoms with Gasteiger partial charge in [-0.05, 0) is 38.5 Å². The van der Waals surface area contributed by atoms with E-state index in [9.17, 15) is 4.79 Å². The number of rotatable bonds is 2. The fourth-order valence-corrected chi connectivity index (χ4v) is 1.82. The van der Waals surface area contributed by atoms with E-state index in [1.165, 1.54) is 0 Å². The Bertz CT molecular complexity index is 593. The minimum atomic E-state index is -0.235. The number of aryl methyl sites for hydroxylation is 1. The molecular formula is C15H19N3O. The molecule has 0 aliphatic rings. The molecule has 0 bridgehead atoms. The van der Waals surface area contributed by atoms with Crippen molar-refractivity contribution in [3.8, 4) is 11.1 Å². The summed E-state index contributed by atoms with van der Waals surface area (Å²) in [5.74, 6) is -0.0572. The van der Waals surface area contributed by atoms with Crippen LogP contribution in [0.25, 0.3) is 11.1 Å². The quantitative estimate of drug-likeness (QED) is 0.899. The first-order valence-corrected chi connectivity index (χ1v) is 6.27. The van der Waals surface area contributed by atoms with Crippen molar-refractivity contribution in [2.45, 2.75) is 26.3 Å². The number of hydrogen-bond acceptors (Lipinski definition) is 2. The Balaban J connectivity index is 2.27. The second kappa shape index (κ2) is 4.88. The molecule has 0 fully saturated rings. The van der Waals surface area contributed by atoms with Crippen LogP contribution in [0.3, 0.4) is 0 Å². The van der Waals surface area contributed by atoms with Crippen LogP contribution in [0.2, 0.25) is 0 Å². The highest BCUT2D eigenvalue weighted by Gasteiger charge is 2.15. The average molecular weight is 257 g/mol. The van der Waals surface area contributed by atoms with E-state index in [4.69, 9.17) is 0 Å². The maximum absolute atomic E-state index is 12.1. The number of benzene rings is 1. The Kier molecular flexibility index (Phi) is 3.42. The molecule has 0 saturated heterocycles. The van der Waals surface area contributed by atoms with Crippen molar-refractivity contribution in [2.24, 2.45) is 7.05 Å². The molecule has 19 heavy (non-hydrogen) atoms. The van der Waals surface area contributed by atoms with Gasteiger partial charge < -0.3 is 5.32 Å². The summed E-state index contributed by atoms with van der Waals surface area (Å²) < 4.78 is 1.75. The molecule has 0 unspecified atom stereocenters. The fraction of sp³-hybridized carbons (Fsp3) is 0.333. The van der Waals surface area contributed by atoms with E-state index in [1.807, 2.05) is 58.3 Å². The van der Waals surface area contributed by atoms with Crippen molar-refractivity contribution in [3.63, 3.8) is 0 Å². The molecule has 0 aliphatic carbocycles. The van der Waals surface area contributed by atoms with Crippen LogP contribution < -0.4 is 5.32 Å². The SMILES string of the molecule is Cn1cc(-c2cccc(C(=O)NC(C)(C)C)c2)cn1. The topological polar surface area (TPSA) is 46.9 Å². The number of hydrogen-bond donors (Lipinski definition) is 1. The fourth-order valence-electron chi connectivity index (χ4n) is 1.82. The van der Waals surface area contributed by atoms with Crippen molar-refractivity contribution in [1.82, 2.24) is 15.1 Å². The van der Waals surface area contributed by atoms with Gasteiger partial charge in [0.25, 0.3) is 5.91 Å². The lowest BCUT2D eigenvalue weighted by molar-refractivity contribution is 0.0919. The maximum atomic E-state index is 12.1. The number of nitrogens with zero attached hydrogens (tertiary/aromatic N) is 2. The lowest BCUT2D eigenvalue weighted by Gasteiger charge is -2.20. The molecule has 1 N–H and O–H groups in total. The van der Waals surface area contributed by atoms with Gasteiger partial charge >= 0.3 is 0 Å². The van der Waals surface area contributed by atoms with Crippen molar-refractivity contribution >= 4 is 5.91 Å². The Hall–Kier alpha value is -2.10. The van der Waals surface area contributed by atoms with Crippen LogP contribution in [0.1, 0.15) is 31.1 Å². The van der Waals surface area contributed by atoms with E-state index in [-0.39, 0.29) is 11.4 Å². The van der Waals surface area contributed by atoms with Crippen LogP contribution in [-0.4, -0.2) is 21.2 Å². The zero-order valence-electron chi connectivity index (χ0n) is 11.8. The molecule has 2 rings (SSSR count). The van der Waals surface area contributed by atoms with E-state index in [2.05, 4.69) is 10.4 Å². The average Bonchev–Trinajstić information content (AvgIpc) is 2.74. The standard InChI is InChI=1S/C15H19N3O/c1-15(2,3)17-14(19)12-7-5-6-11(8-12)13-9-16-18(4)10-13/h5-10H,1-4H3,(H,17,19). The smallest absolute Gasteiger partial charge is 0.251 e. The van der Waals surface area contributed by atoms with Crippen molar-refractivity contribution in [1.29, 1.82) is 0 Å². The number of carbonyl (C=O) groups is 1. The summed E-state index contributed by atoms with van der Waals surface area (Å²) in [5, 5.41) is 7.10. The Morgan fingerprint density at radius 1 is 1.26 bits per heavy atom. The first kappa shape index (κ1) is 13.3. The lowest BCUT2D eigenvalue weighted by Crippen LogP contribution is -2.40. The molecule has 1 aromatic heterocycles. The summed E-state index contributed by atoms with van der Waals surface area (Å²) in [6, 6.07) is 7.57. The summed E-state index contributed by atoms with van der Waals surface area (Å²) in [5.41, 5.74) is 2.43. The molecule has 4 heteroatoms. The van der Waals surface area contributed by atoms with E-state index >= 15 is 0 Å². The van der Waals surface area contributed by atoms with Gasteiger partial charge in [0.2, 0.25) is 0 Å². The maximum Gasteiger partial charge on any atom is 0.251 e. The Morgan fingerprint density at radius 3 is 2.58 bits per heavy atom. The van der Waals surface area contributed by atoms with Gasteiger partial charge in [-0.15, -0.1) is 0 Å². The minimum Gasteiger partial charge on any atom is -0.347 e. The second-order valence-corrected chi connectivity index (χ2v) is 5.69. The van der Waals surface area contributed by atoms with Crippen LogP contribution >= 0.6 is 0 Å². The molecule has 100 valence electrons. The van der Waals surface area contributed by atoms with Gasteiger partial charge in [-0.3, -0.25) is 9.48 Å². The van der Waals surface area contributed by atoms with Crippen molar-refractivity contribution in [2.75, 3.05) is 0 Å². The van der Waals surface area contributed by atoms with Gasteiger partial charge in [-0.25, -0.2) is 0 Å². The van der Waals surface area contributed by atoms with Gasteiger partial charge in [0.15, 0.2) is 0 Å². The molecule has 0 aliphatic heterocycles. The van der Waals surface area contributed by atoms with Crippen molar-refractivity contribution in [3.05, 3.63) is 42.2 Å². The third-order valence-corrected chi connectivity index (χ3v) is 2.65. The normalized spacial score (nSPS) is 11.4. The summed E-state index contributed by atoms with van der Waals surface area (Å²) in [6.07, 6.45) is 3.72. The van der Waals surface area contributed by atoms with E-state index < -0.39 is 0 Å². The first-order chi connectivity index (χ1) is 8.85. The number of aromatic nitrogens is 2. The summed E-state index contributed by atoms with van der Waals surface area (Å²) >= 11 is 0. The molecule has 0 saturated carbocycles. The largest absolute Gasteiger partial charge is 0.347 e. The monoisotopic (exact) mass is 257 g/mol. The molecule has 2 aromatic rings. The molecule has 0 spiro atoms. The van der Waals surface area contributed by atoms with Crippen LogP contribution in [0.5, 0.6) is 0 Å². The highest BCUT2D eigenvalue weighted by molar-refractivity contribution is 5.95. The Labute approximate surface area is 113 Å². The minimum absolute atomic E-state index is 0.0572. The third kappa shape index (κ3) is 3.44. The van der Waals surface area contributed by atoms with Gasteiger partial charge in [0.1, 0.15) is 0 Å². The molecule has 0 radical (unpaired) electrons. The molecular weight excluding hydrogens is 238 g/mol. The summed E-state index contributed by atoms with van der Waals surface area (Å²) in [6.45, 7) is 5.90. The predicted octanol–water partition coefficient (Wildman–Crippen LogP) is 2.62. The van der Waals surface area contributed by atoms with E-state index in [0.717, 1.165) is 11.1 Å². The van der Waals surface area contributed by atoms with Crippen LogP contribution in [0, 0.1) is 0 Å². The summed E-state index contributed by atoms with van der Waals surface area (Å²) in [7, 11) is 1.87. The van der Waals surface area contributed by atoms with Gasteiger partial charge in [-0.1, -0.05) is 12.1 Å². The van der Waals surface area contributed by atoms with Gasteiger partial charge in [0.05, 0.1) is 6.20 Å². The molecule has 1 aromatic carbocycles. The van der Waals surface area contributed by atoms with Crippen LogP contribution in [-0.2, 0) is 7.05 Å². The second-order valence-electron chi connectivity index (χ2n) is 5.69. The Morgan fingerprint density at radius 2 is 2.00 bits per heavy atom. The first-order valence-electron chi connectivity index (χ1n) is 6.27. The van der Waals surface area contributed by atoms with E-state index in [1.54, 1.807) is 10.9 Å². The van der Waals surface area contributed by atoms with Gasteiger partial charge in [0, 0.05) is 29.9 Å². The molecule has 1 heterocycles. The van der Waals surface area contributed by atoms with Crippen LogP contribution in [0.4, 0.5) is 0 Å². The highest BCUT2D eigenvalue weighted by Crippen LogP contribution is 2.19.